The van der Waals surface area contributed by atoms with Crippen LogP contribution in [0.25, 0.3) is 10.8 Å². The predicted molar refractivity (Wildman–Crippen MR) is 109 cm³/mol. The van der Waals surface area contributed by atoms with Crippen LogP contribution >= 0.6 is 15.9 Å². The number of amides is 1. The van der Waals surface area contributed by atoms with Crippen LogP contribution in [0.2, 0.25) is 0 Å². The Bertz CT molecular complexity index is 987. The fraction of sp³-hybridized carbons (Fsp3) is 0.250. The Kier molecular flexibility index (Phi) is 4.94. The molecule has 0 aliphatic heterocycles. The Balaban J connectivity index is 1.55. The molecule has 1 aliphatic carbocycles. The topological polar surface area (TPSA) is 76.1 Å². The number of fused-ring (bicyclic) bond motifs is 1. The fourth-order valence-electron chi connectivity index (χ4n) is 2.81. The highest BCUT2D eigenvalue weighted by molar-refractivity contribution is 9.10. The molecule has 0 radical (unpaired) electrons. The first-order chi connectivity index (χ1) is 13.1. The normalized spacial score (nSPS) is 13.4. The SMILES string of the molecule is COc1ccc(CNc2ncc(Br)c3cc(NC(=O)C4CC4)ncc23)cc1. The summed E-state index contributed by atoms with van der Waals surface area (Å²) in [5.41, 5.74) is 1.12. The van der Waals surface area contributed by atoms with Crippen LogP contribution in [0.4, 0.5) is 11.6 Å². The van der Waals surface area contributed by atoms with Crippen LogP contribution in [0, 0.1) is 5.92 Å². The highest BCUT2D eigenvalue weighted by atomic mass is 79.9. The first-order valence-corrected chi connectivity index (χ1v) is 9.55. The van der Waals surface area contributed by atoms with Crippen molar-refractivity contribution in [1.82, 2.24) is 9.97 Å². The van der Waals surface area contributed by atoms with E-state index in [-0.39, 0.29) is 11.8 Å². The van der Waals surface area contributed by atoms with E-state index in [2.05, 4.69) is 36.5 Å². The maximum absolute atomic E-state index is 12.0. The molecule has 27 heavy (non-hydrogen) atoms. The summed E-state index contributed by atoms with van der Waals surface area (Å²) >= 11 is 3.54. The van der Waals surface area contributed by atoms with Gasteiger partial charge in [0.05, 0.1) is 7.11 Å². The summed E-state index contributed by atoms with van der Waals surface area (Å²) in [6.45, 7) is 0.633. The van der Waals surface area contributed by atoms with Crippen LogP contribution in [0.1, 0.15) is 18.4 Å². The molecule has 0 saturated heterocycles. The number of benzene rings is 1. The third kappa shape index (κ3) is 4.03. The number of pyridine rings is 2. The minimum atomic E-state index is 0.0462. The number of halogens is 1. The molecule has 1 amide bonds. The van der Waals surface area contributed by atoms with Gasteiger partial charge in [0.15, 0.2) is 0 Å². The van der Waals surface area contributed by atoms with Gasteiger partial charge in [-0.05, 0) is 52.5 Å². The molecular formula is C20H19BrN4O2. The van der Waals surface area contributed by atoms with Gasteiger partial charge in [-0.15, -0.1) is 0 Å². The lowest BCUT2D eigenvalue weighted by Crippen LogP contribution is -2.14. The minimum absolute atomic E-state index is 0.0462. The van der Waals surface area contributed by atoms with Gasteiger partial charge in [0.1, 0.15) is 17.4 Å². The van der Waals surface area contributed by atoms with Gasteiger partial charge in [-0.3, -0.25) is 4.79 Å². The quantitative estimate of drug-likeness (QED) is 0.612. The van der Waals surface area contributed by atoms with Crippen LogP contribution in [-0.2, 0) is 11.3 Å². The van der Waals surface area contributed by atoms with Crippen LogP contribution in [0.15, 0.2) is 47.2 Å². The van der Waals surface area contributed by atoms with Crippen molar-refractivity contribution >= 4 is 44.2 Å². The van der Waals surface area contributed by atoms with Gasteiger partial charge in [-0.2, -0.15) is 0 Å². The van der Waals surface area contributed by atoms with Crippen molar-refractivity contribution in [1.29, 1.82) is 0 Å². The minimum Gasteiger partial charge on any atom is -0.497 e. The highest BCUT2D eigenvalue weighted by Crippen LogP contribution is 2.32. The number of hydrogen-bond donors (Lipinski definition) is 2. The number of nitrogens with one attached hydrogen (secondary N) is 2. The lowest BCUT2D eigenvalue weighted by molar-refractivity contribution is -0.117. The Hall–Kier alpha value is -2.67. The first kappa shape index (κ1) is 17.7. The Morgan fingerprint density at radius 3 is 2.67 bits per heavy atom. The second-order valence-electron chi connectivity index (χ2n) is 6.54. The largest absolute Gasteiger partial charge is 0.497 e. The maximum Gasteiger partial charge on any atom is 0.228 e. The van der Waals surface area contributed by atoms with Crippen LogP contribution in [-0.4, -0.2) is 23.0 Å². The number of carbonyl (C=O) groups is 1. The van der Waals surface area contributed by atoms with E-state index in [4.69, 9.17) is 4.74 Å². The molecular weight excluding hydrogens is 408 g/mol. The van der Waals surface area contributed by atoms with Crippen molar-refractivity contribution in [3.05, 3.63) is 52.8 Å². The zero-order valence-corrected chi connectivity index (χ0v) is 16.4. The first-order valence-electron chi connectivity index (χ1n) is 8.76. The number of ether oxygens (including phenoxy) is 1. The standard InChI is InChI=1S/C20H19BrN4O2/c1-27-14-6-2-12(3-7-14)9-23-19-16-10-22-18(25-20(26)13-4-5-13)8-15(16)17(21)11-24-19/h2-3,6-8,10-11,13H,4-5,9H2,1H3,(H,23,24)(H,22,25,26). The van der Waals surface area contributed by atoms with Gasteiger partial charge in [-0.25, -0.2) is 9.97 Å². The van der Waals surface area contributed by atoms with Gasteiger partial charge in [0.2, 0.25) is 5.91 Å². The summed E-state index contributed by atoms with van der Waals surface area (Å²) in [4.78, 5) is 20.8. The molecule has 1 aliphatic rings. The van der Waals surface area contributed by atoms with Gasteiger partial charge in [0.25, 0.3) is 0 Å². The summed E-state index contributed by atoms with van der Waals surface area (Å²) < 4.78 is 6.04. The van der Waals surface area contributed by atoms with Gasteiger partial charge in [0, 0.05) is 40.1 Å². The molecule has 0 bridgehead atoms. The highest BCUT2D eigenvalue weighted by Gasteiger charge is 2.29. The molecule has 7 heteroatoms. The summed E-state index contributed by atoms with van der Waals surface area (Å²) in [5.74, 6) is 2.33. The van der Waals surface area contributed by atoms with E-state index in [0.717, 1.165) is 45.2 Å². The third-order valence-corrected chi connectivity index (χ3v) is 5.17. The number of carbonyl (C=O) groups excluding carboxylic acids is 1. The monoisotopic (exact) mass is 426 g/mol. The summed E-state index contributed by atoms with van der Waals surface area (Å²) in [7, 11) is 1.65. The van der Waals surface area contributed by atoms with E-state index in [9.17, 15) is 4.79 Å². The molecule has 2 aromatic heterocycles. The molecule has 1 aromatic carbocycles. The van der Waals surface area contributed by atoms with Crippen LogP contribution in [0.3, 0.4) is 0 Å². The number of methoxy groups -OCH3 is 1. The number of nitrogens with zero attached hydrogens (tertiary/aromatic N) is 2. The van der Waals surface area contributed by atoms with Crippen molar-refractivity contribution < 1.29 is 9.53 Å². The lowest BCUT2D eigenvalue weighted by atomic mass is 10.2. The van der Waals surface area contributed by atoms with Crippen molar-refractivity contribution in [2.24, 2.45) is 5.92 Å². The van der Waals surface area contributed by atoms with Crippen molar-refractivity contribution in [3.8, 4) is 5.75 Å². The van der Waals surface area contributed by atoms with Crippen LogP contribution in [0.5, 0.6) is 5.75 Å². The Morgan fingerprint density at radius 1 is 1.19 bits per heavy atom. The zero-order chi connectivity index (χ0) is 18.8. The molecule has 0 spiro atoms. The molecule has 3 aromatic rings. The van der Waals surface area contributed by atoms with E-state index in [1.54, 1.807) is 19.5 Å². The number of aromatic nitrogens is 2. The number of anilines is 2. The predicted octanol–water partition coefficient (Wildman–Crippen LogP) is 4.36. The number of hydrogen-bond acceptors (Lipinski definition) is 5. The van der Waals surface area contributed by atoms with Gasteiger partial charge in [-0.1, -0.05) is 12.1 Å². The molecule has 2 N–H and O–H groups in total. The second-order valence-corrected chi connectivity index (χ2v) is 7.39. The van der Waals surface area contributed by atoms with E-state index in [1.165, 1.54) is 0 Å². The Labute approximate surface area is 165 Å². The summed E-state index contributed by atoms with van der Waals surface area (Å²) in [5, 5.41) is 8.08. The van der Waals surface area contributed by atoms with E-state index < -0.39 is 0 Å². The van der Waals surface area contributed by atoms with Gasteiger partial charge >= 0.3 is 0 Å². The molecule has 6 nitrogen and oxygen atoms in total. The smallest absolute Gasteiger partial charge is 0.228 e. The van der Waals surface area contributed by atoms with Crippen molar-refractivity contribution in [3.63, 3.8) is 0 Å². The van der Waals surface area contributed by atoms with Gasteiger partial charge < -0.3 is 15.4 Å². The molecule has 0 unspecified atom stereocenters. The molecule has 138 valence electrons. The van der Waals surface area contributed by atoms with E-state index >= 15 is 0 Å². The summed E-state index contributed by atoms with van der Waals surface area (Å²) in [6.07, 6.45) is 5.43. The maximum atomic E-state index is 12.0. The van der Waals surface area contributed by atoms with Crippen molar-refractivity contribution in [2.45, 2.75) is 19.4 Å². The molecule has 4 rings (SSSR count). The van der Waals surface area contributed by atoms with Crippen LogP contribution < -0.4 is 15.4 Å². The molecule has 1 fully saturated rings. The van der Waals surface area contributed by atoms with E-state index in [0.29, 0.717) is 12.4 Å². The fourth-order valence-corrected chi connectivity index (χ4v) is 3.24. The number of rotatable bonds is 6. The molecule has 0 atom stereocenters. The molecule has 2 heterocycles. The average Bonchev–Trinajstić information content (AvgIpc) is 3.54. The zero-order valence-electron chi connectivity index (χ0n) is 14.8. The average molecular weight is 427 g/mol. The summed E-state index contributed by atoms with van der Waals surface area (Å²) in [6, 6.07) is 9.76. The van der Waals surface area contributed by atoms with Crippen molar-refractivity contribution in [2.75, 3.05) is 17.7 Å². The third-order valence-electron chi connectivity index (χ3n) is 4.54. The van der Waals surface area contributed by atoms with E-state index in [1.807, 2.05) is 30.3 Å². The Morgan fingerprint density at radius 2 is 1.96 bits per heavy atom. The molecule has 1 saturated carbocycles. The lowest BCUT2D eigenvalue weighted by Gasteiger charge is -2.11. The second kappa shape index (κ2) is 7.52.